The molecule has 0 aliphatic carbocycles. The van der Waals surface area contributed by atoms with Gasteiger partial charge in [-0.05, 0) is 36.4 Å². The van der Waals surface area contributed by atoms with Crippen molar-refractivity contribution in [3.05, 3.63) is 89.3 Å². The molecule has 7 heteroatoms. The Kier molecular flexibility index (Phi) is 6.16. The molecule has 6 nitrogen and oxygen atoms in total. The van der Waals surface area contributed by atoms with Crippen LogP contribution in [0, 0.1) is 11.3 Å². The van der Waals surface area contributed by atoms with Gasteiger partial charge < -0.3 is 9.88 Å². The maximum absolute atomic E-state index is 12.3. The van der Waals surface area contributed by atoms with E-state index in [2.05, 4.69) is 16.5 Å². The van der Waals surface area contributed by atoms with Gasteiger partial charge in [-0.25, -0.2) is 4.68 Å². The fraction of sp³-hybridized carbons (Fsp3) is 0.125. The number of nitriles is 1. The molecule has 0 aliphatic heterocycles. The molecule has 0 spiro atoms. The first-order valence-electron chi connectivity index (χ1n) is 9.84. The minimum atomic E-state index is -0.187. The summed E-state index contributed by atoms with van der Waals surface area (Å²) in [5, 5.41) is 17.8. The average Bonchev–Trinajstić information content (AvgIpc) is 3.40. The molecule has 31 heavy (non-hydrogen) atoms. The van der Waals surface area contributed by atoms with Crippen molar-refractivity contribution in [2.45, 2.75) is 19.5 Å². The SMILES string of the molecule is N#CCCn1cc(/C=C/C(=O)NCc2cnn(-c3ccc(Cl)cc3)c2)c2ccccc21. The van der Waals surface area contributed by atoms with E-state index >= 15 is 0 Å². The van der Waals surface area contributed by atoms with Crippen LogP contribution in [-0.4, -0.2) is 20.3 Å². The maximum atomic E-state index is 12.3. The summed E-state index contributed by atoms with van der Waals surface area (Å²) in [4.78, 5) is 12.3. The third-order valence-corrected chi connectivity index (χ3v) is 5.14. The Morgan fingerprint density at radius 2 is 1.97 bits per heavy atom. The van der Waals surface area contributed by atoms with Crippen molar-refractivity contribution in [2.75, 3.05) is 0 Å². The smallest absolute Gasteiger partial charge is 0.244 e. The van der Waals surface area contributed by atoms with Crippen LogP contribution in [0.5, 0.6) is 0 Å². The number of amides is 1. The van der Waals surface area contributed by atoms with Crippen molar-refractivity contribution in [3.63, 3.8) is 0 Å². The molecule has 2 aromatic carbocycles. The minimum absolute atomic E-state index is 0.187. The zero-order valence-corrected chi connectivity index (χ0v) is 17.5. The molecule has 4 rings (SSSR count). The van der Waals surface area contributed by atoms with E-state index in [1.54, 1.807) is 17.0 Å². The molecule has 0 unspecified atom stereocenters. The van der Waals surface area contributed by atoms with Crippen molar-refractivity contribution >= 4 is 34.5 Å². The third kappa shape index (κ3) is 4.85. The normalized spacial score (nSPS) is 11.1. The summed E-state index contributed by atoms with van der Waals surface area (Å²) in [6.07, 6.45) is 9.34. The highest BCUT2D eigenvalue weighted by Gasteiger charge is 2.07. The Morgan fingerprint density at radius 3 is 2.77 bits per heavy atom. The van der Waals surface area contributed by atoms with Crippen molar-refractivity contribution in [1.29, 1.82) is 5.26 Å². The zero-order valence-electron chi connectivity index (χ0n) is 16.7. The van der Waals surface area contributed by atoms with Crippen LogP contribution < -0.4 is 5.32 Å². The molecular weight excluding hydrogens is 410 g/mol. The standard InChI is InChI=1S/C24H20ClN5O/c25-20-7-9-21(10-8-20)30-16-18(15-28-30)14-27-24(31)11-6-19-17-29(13-3-12-26)23-5-2-1-4-22(19)23/h1-2,4-11,15-17H,3,13-14H2,(H,27,31)/b11-6+. The Labute approximate surface area is 185 Å². The van der Waals surface area contributed by atoms with E-state index < -0.39 is 0 Å². The average molecular weight is 430 g/mol. The molecular formula is C24H20ClN5O. The molecule has 1 amide bonds. The van der Waals surface area contributed by atoms with Gasteiger partial charge in [-0.3, -0.25) is 4.79 Å². The van der Waals surface area contributed by atoms with Gasteiger partial charge in [0.2, 0.25) is 5.91 Å². The lowest BCUT2D eigenvalue weighted by Crippen LogP contribution is -2.19. The summed E-state index contributed by atoms with van der Waals surface area (Å²) in [5.41, 5.74) is 3.78. The van der Waals surface area contributed by atoms with Gasteiger partial charge in [-0.15, -0.1) is 0 Å². The number of rotatable bonds is 7. The van der Waals surface area contributed by atoms with E-state index in [9.17, 15) is 4.79 Å². The summed E-state index contributed by atoms with van der Waals surface area (Å²) >= 11 is 5.92. The molecule has 0 saturated heterocycles. The number of para-hydroxylation sites is 1. The summed E-state index contributed by atoms with van der Waals surface area (Å²) in [6.45, 7) is 0.995. The van der Waals surface area contributed by atoms with Gasteiger partial charge in [0.05, 0.1) is 24.4 Å². The number of fused-ring (bicyclic) bond motifs is 1. The maximum Gasteiger partial charge on any atom is 0.244 e. The Bertz CT molecular complexity index is 1280. The van der Waals surface area contributed by atoms with Crippen LogP contribution in [0.15, 0.2) is 73.2 Å². The quantitative estimate of drug-likeness (QED) is 0.432. The van der Waals surface area contributed by atoms with E-state index in [0.717, 1.165) is 27.7 Å². The van der Waals surface area contributed by atoms with E-state index in [4.69, 9.17) is 16.9 Å². The first kappa shape index (κ1) is 20.5. The van der Waals surface area contributed by atoms with Crippen LogP contribution in [0.1, 0.15) is 17.5 Å². The van der Waals surface area contributed by atoms with Gasteiger partial charge in [0.1, 0.15) is 0 Å². The number of aryl methyl sites for hydroxylation is 1. The lowest BCUT2D eigenvalue weighted by atomic mass is 10.1. The molecule has 0 aliphatic rings. The Hall–Kier alpha value is -3.82. The van der Waals surface area contributed by atoms with Crippen LogP contribution in [-0.2, 0) is 17.9 Å². The van der Waals surface area contributed by atoms with E-state index in [1.807, 2.05) is 65.5 Å². The van der Waals surface area contributed by atoms with E-state index in [0.29, 0.717) is 24.5 Å². The number of carbonyl (C=O) groups is 1. The highest BCUT2D eigenvalue weighted by atomic mass is 35.5. The second-order valence-corrected chi connectivity index (χ2v) is 7.46. The van der Waals surface area contributed by atoms with Crippen LogP contribution in [0.2, 0.25) is 5.02 Å². The van der Waals surface area contributed by atoms with Crippen molar-refractivity contribution in [1.82, 2.24) is 19.7 Å². The number of hydrogen-bond donors (Lipinski definition) is 1. The molecule has 0 radical (unpaired) electrons. The summed E-state index contributed by atoms with van der Waals surface area (Å²) in [6, 6.07) is 17.5. The van der Waals surface area contributed by atoms with Gasteiger partial charge in [0.15, 0.2) is 0 Å². The fourth-order valence-electron chi connectivity index (χ4n) is 3.36. The second kappa shape index (κ2) is 9.33. The summed E-state index contributed by atoms with van der Waals surface area (Å²) in [5.74, 6) is -0.187. The topological polar surface area (TPSA) is 75.6 Å². The molecule has 2 aromatic heterocycles. The largest absolute Gasteiger partial charge is 0.348 e. The number of nitrogens with one attached hydrogen (secondary N) is 1. The Balaban J connectivity index is 1.40. The van der Waals surface area contributed by atoms with E-state index in [-0.39, 0.29) is 5.91 Å². The molecule has 154 valence electrons. The molecule has 2 heterocycles. The molecule has 0 saturated carbocycles. The first-order valence-corrected chi connectivity index (χ1v) is 10.2. The predicted octanol–water partition coefficient (Wildman–Crippen LogP) is 4.72. The van der Waals surface area contributed by atoms with Crippen LogP contribution >= 0.6 is 11.6 Å². The van der Waals surface area contributed by atoms with E-state index in [1.165, 1.54) is 6.08 Å². The number of carbonyl (C=O) groups excluding carboxylic acids is 1. The van der Waals surface area contributed by atoms with Crippen LogP contribution in [0.4, 0.5) is 0 Å². The van der Waals surface area contributed by atoms with Crippen LogP contribution in [0.3, 0.4) is 0 Å². The summed E-state index contributed by atoms with van der Waals surface area (Å²) in [7, 11) is 0. The van der Waals surface area contributed by atoms with Gasteiger partial charge in [0.25, 0.3) is 0 Å². The van der Waals surface area contributed by atoms with Gasteiger partial charge in [-0.2, -0.15) is 10.4 Å². The highest BCUT2D eigenvalue weighted by molar-refractivity contribution is 6.30. The summed E-state index contributed by atoms with van der Waals surface area (Å²) < 4.78 is 3.78. The van der Waals surface area contributed by atoms with Gasteiger partial charge >= 0.3 is 0 Å². The van der Waals surface area contributed by atoms with Crippen LogP contribution in [0.25, 0.3) is 22.7 Å². The van der Waals surface area contributed by atoms with Crippen molar-refractivity contribution < 1.29 is 4.79 Å². The van der Waals surface area contributed by atoms with Gasteiger partial charge in [-0.1, -0.05) is 29.8 Å². The number of nitrogens with zero attached hydrogens (tertiary/aromatic N) is 4. The second-order valence-electron chi connectivity index (χ2n) is 7.02. The monoisotopic (exact) mass is 429 g/mol. The lowest BCUT2D eigenvalue weighted by molar-refractivity contribution is -0.116. The lowest BCUT2D eigenvalue weighted by Gasteiger charge is -2.01. The molecule has 0 fully saturated rings. The zero-order chi connectivity index (χ0) is 21.6. The fourth-order valence-corrected chi connectivity index (χ4v) is 3.49. The predicted molar refractivity (Wildman–Crippen MR) is 122 cm³/mol. The van der Waals surface area contributed by atoms with Crippen molar-refractivity contribution in [3.8, 4) is 11.8 Å². The highest BCUT2D eigenvalue weighted by Crippen LogP contribution is 2.22. The molecule has 0 atom stereocenters. The number of benzene rings is 2. The minimum Gasteiger partial charge on any atom is -0.348 e. The van der Waals surface area contributed by atoms with Crippen molar-refractivity contribution in [2.24, 2.45) is 0 Å². The number of hydrogen-bond acceptors (Lipinski definition) is 3. The number of halogens is 1. The molecule has 4 aromatic rings. The number of aromatic nitrogens is 3. The molecule has 0 bridgehead atoms. The van der Waals surface area contributed by atoms with Gasteiger partial charge in [0, 0.05) is 58.6 Å². The molecule has 1 N–H and O–H groups in total. The Morgan fingerprint density at radius 1 is 1.16 bits per heavy atom. The first-order chi connectivity index (χ1) is 15.1. The third-order valence-electron chi connectivity index (χ3n) is 4.89.